The maximum atomic E-state index is 12.2. The van der Waals surface area contributed by atoms with Crippen LogP contribution in [-0.4, -0.2) is 32.8 Å². The average Bonchev–Trinajstić information content (AvgIpc) is 2.54. The Morgan fingerprint density at radius 1 is 1.38 bits per heavy atom. The van der Waals surface area contributed by atoms with Crippen LogP contribution in [0.25, 0.3) is 0 Å². The number of Topliss-reactive ketones (excluding diaryl/α,β-unsaturated/α-hetero) is 1. The molecule has 0 aromatic rings. The van der Waals surface area contributed by atoms with Gasteiger partial charge in [-0.15, -0.1) is 6.58 Å². The summed E-state index contributed by atoms with van der Waals surface area (Å²) in [6, 6.07) is -0.0778. The molecule has 1 rings (SSSR count). The highest BCUT2D eigenvalue weighted by Gasteiger charge is 2.39. The van der Waals surface area contributed by atoms with E-state index in [1.165, 1.54) is 12.8 Å². The number of carbonyl (C=O) groups excluding carboxylic acids is 1. The fourth-order valence-electron chi connectivity index (χ4n) is 2.92. The van der Waals surface area contributed by atoms with E-state index in [0.29, 0.717) is 18.6 Å². The molecule has 0 aliphatic carbocycles. The first kappa shape index (κ1) is 23.1. The molecule has 1 heterocycles. The molecule has 26 heavy (non-hydrogen) atoms. The van der Waals surface area contributed by atoms with Gasteiger partial charge in [0.1, 0.15) is 11.9 Å². The smallest absolute Gasteiger partial charge is 0.193 e. The summed E-state index contributed by atoms with van der Waals surface area (Å²) < 4.78 is 6.59. The highest BCUT2D eigenvalue weighted by molar-refractivity contribution is 6.74. The standard InChI is InChI=1S/C22H39NO2Si/c1-8-10-11-13-18(25-26(6,7)22(3,4)5)14-15-20-19(12-9-2)21(24)16-17-23-20/h9,18-20,23H,2,8,10-13,16-17H2,1,3-7H3/t18?,19-,20+/m0/s1. The van der Waals surface area contributed by atoms with Crippen LogP contribution in [0.15, 0.2) is 12.7 Å². The summed E-state index contributed by atoms with van der Waals surface area (Å²) in [5.41, 5.74) is 0. The van der Waals surface area contributed by atoms with Gasteiger partial charge in [-0.05, 0) is 37.4 Å². The van der Waals surface area contributed by atoms with E-state index >= 15 is 0 Å². The normalized spacial score (nSPS) is 22.5. The predicted molar refractivity (Wildman–Crippen MR) is 114 cm³/mol. The first-order valence-electron chi connectivity index (χ1n) is 10.2. The lowest BCUT2D eigenvalue weighted by atomic mass is 9.87. The fraction of sp³-hybridized carbons (Fsp3) is 0.773. The van der Waals surface area contributed by atoms with Crippen LogP contribution in [0.4, 0.5) is 0 Å². The minimum absolute atomic E-state index is 0.0364. The molecular formula is C22H39NO2Si. The molecule has 1 fully saturated rings. The van der Waals surface area contributed by atoms with Crippen LogP contribution >= 0.6 is 0 Å². The third kappa shape index (κ3) is 7.02. The van der Waals surface area contributed by atoms with E-state index in [9.17, 15) is 4.79 Å². The molecule has 0 spiro atoms. The summed E-state index contributed by atoms with van der Waals surface area (Å²) in [4.78, 5) is 12.2. The van der Waals surface area contributed by atoms with Gasteiger partial charge in [-0.2, -0.15) is 0 Å². The summed E-state index contributed by atoms with van der Waals surface area (Å²) in [6.07, 6.45) is 7.59. The second-order valence-corrected chi connectivity index (χ2v) is 13.7. The van der Waals surface area contributed by atoms with Crippen molar-refractivity contribution in [2.75, 3.05) is 6.54 Å². The van der Waals surface area contributed by atoms with Crippen molar-refractivity contribution >= 4 is 14.1 Å². The maximum absolute atomic E-state index is 12.2. The van der Waals surface area contributed by atoms with Crippen LogP contribution in [0.1, 0.15) is 66.2 Å². The SMILES string of the molecule is C=CC[C@@H]1C(=O)CCN[C@@H]1C#CC(CCCCC)O[Si](C)(C)C(C)(C)C. The number of allylic oxidation sites excluding steroid dienone is 1. The Hall–Kier alpha value is -0.893. The lowest BCUT2D eigenvalue weighted by Gasteiger charge is -2.38. The number of piperidine rings is 1. The van der Waals surface area contributed by atoms with E-state index in [-0.39, 0.29) is 23.1 Å². The topological polar surface area (TPSA) is 38.3 Å². The number of unbranched alkanes of at least 4 members (excludes halogenated alkanes) is 2. The Labute approximate surface area is 162 Å². The van der Waals surface area contributed by atoms with Gasteiger partial charge in [0, 0.05) is 18.9 Å². The van der Waals surface area contributed by atoms with Crippen molar-refractivity contribution in [2.24, 2.45) is 5.92 Å². The molecule has 1 N–H and O–H groups in total. The monoisotopic (exact) mass is 377 g/mol. The zero-order valence-corrected chi connectivity index (χ0v) is 18.8. The van der Waals surface area contributed by atoms with Crippen molar-refractivity contribution in [1.29, 1.82) is 0 Å². The van der Waals surface area contributed by atoms with Gasteiger partial charge in [0.05, 0.1) is 6.04 Å². The van der Waals surface area contributed by atoms with Crippen molar-refractivity contribution in [1.82, 2.24) is 5.32 Å². The number of carbonyl (C=O) groups is 1. The molecule has 148 valence electrons. The zero-order valence-electron chi connectivity index (χ0n) is 17.8. The molecule has 1 saturated heterocycles. The number of hydrogen-bond acceptors (Lipinski definition) is 3. The van der Waals surface area contributed by atoms with Gasteiger partial charge in [-0.3, -0.25) is 4.79 Å². The maximum Gasteiger partial charge on any atom is 0.193 e. The molecular weight excluding hydrogens is 338 g/mol. The van der Waals surface area contributed by atoms with Gasteiger partial charge in [-0.1, -0.05) is 58.5 Å². The number of ketones is 1. The third-order valence-electron chi connectivity index (χ3n) is 5.68. The predicted octanol–water partition coefficient (Wildman–Crippen LogP) is 5.08. The van der Waals surface area contributed by atoms with Gasteiger partial charge >= 0.3 is 0 Å². The van der Waals surface area contributed by atoms with Gasteiger partial charge in [-0.25, -0.2) is 0 Å². The summed E-state index contributed by atoms with van der Waals surface area (Å²) in [5, 5.41) is 3.58. The van der Waals surface area contributed by atoms with Crippen LogP contribution < -0.4 is 5.32 Å². The van der Waals surface area contributed by atoms with Gasteiger partial charge < -0.3 is 9.74 Å². The minimum Gasteiger partial charge on any atom is -0.403 e. The van der Waals surface area contributed by atoms with E-state index in [1.54, 1.807) is 0 Å². The second-order valence-electron chi connectivity index (χ2n) is 8.93. The Morgan fingerprint density at radius 3 is 2.65 bits per heavy atom. The largest absolute Gasteiger partial charge is 0.403 e. The fourth-order valence-corrected chi connectivity index (χ4v) is 4.16. The van der Waals surface area contributed by atoms with E-state index in [0.717, 1.165) is 19.4 Å². The summed E-state index contributed by atoms with van der Waals surface area (Å²) >= 11 is 0. The zero-order chi connectivity index (χ0) is 19.8. The van der Waals surface area contributed by atoms with Crippen molar-refractivity contribution in [3.05, 3.63) is 12.7 Å². The Kier molecular flexibility index (Phi) is 9.30. The van der Waals surface area contributed by atoms with Crippen molar-refractivity contribution in [3.63, 3.8) is 0 Å². The Morgan fingerprint density at radius 2 is 2.08 bits per heavy atom. The number of rotatable bonds is 8. The molecule has 0 aromatic carbocycles. The van der Waals surface area contributed by atoms with Gasteiger partial charge in [0.15, 0.2) is 8.32 Å². The summed E-state index contributed by atoms with van der Waals surface area (Å²) in [5.74, 6) is 6.98. The van der Waals surface area contributed by atoms with Crippen molar-refractivity contribution < 1.29 is 9.22 Å². The highest BCUT2D eigenvalue weighted by Crippen LogP contribution is 2.37. The molecule has 1 unspecified atom stereocenters. The molecule has 3 atom stereocenters. The average molecular weight is 378 g/mol. The molecule has 0 saturated carbocycles. The Bertz CT molecular complexity index is 524. The summed E-state index contributed by atoms with van der Waals surface area (Å²) in [6.45, 7) is 18.1. The van der Waals surface area contributed by atoms with Crippen LogP contribution in [0.3, 0.4) is 0 Å². The Balaban J connectivity index is 2.92. The van der Waals surface area contributed by atoms with Crippen molar-refractivity contribution in [3.8, 4) is 11.8 Å². The first-order chi connectivity index (χ1) is 12.1. The van der Waals surface area contributed by atoms with Crippen LogP contribution in [-0.2, 0) is 9.22 Å². The minimum atomic E-state index is -1.87. The molecule has 0 radical (unpaired) electrons. The quantitative estimate of drug-likeness (QED) is 0.277. The van der Waals surface area contributed by atoms with E-state index in [1.807, 2.05) is 6.08 Å². The molecule has 1 aliphatic heterocycles. The number of nitrogens with one attached hydrogen (secondary N) is 1. The van der Waals surface area contributed by atoms with Crippen LogP contribution in [0.5, 0.6) is 0 Å². The van der Waals surface area contributed by atoms with E-state index in [2.05, 4.69) is 64.5 Å². The molecule has 0 bridgehead atoms. The molecule has 1 aliphatic rings. The second kappa shape index (κ2) is 10.4. The third-order valence-corrected chi connectivity index (χ3v) is 10.2. The highest BCUT2D eigenvalue weighted by atomic mass is 28.4. The molecule has 3 nitrogen and oxygen atoms in total. The first-order valence-corrected chi connectivity index (χ1v) is 13.1. The van der Waals surface area contributed by atoms with Crippen molar-refractivity contribution in [2.45, 2.75) is 96.5 Å². The molecule has 0 aromatic heterocycles. The summed E-state index contributed by atoms with van der Waals surface area (Å²) in [7, 11) is -1.87. The van der Waals surface area contributed by atoms with E-state index in [4.69, 9.17) is 4.43 Å². The molecule has 0 amide bonds. The number of hydrogen-bond donors (Lipinski definition) is 1. The van der Waals surface area contributed by atoms with Gasteiger partial charge in [0.25, 0.3) is 0 Å². The van der Waals surface area contributed by atoms with Crippen LogP contribution in [0.2, 0.25) is 18.1 Å². The molecule has 4 heteroatoms. The van der Waals surface area contributed by atoms with E-state index < -0.39 is 8.32 Å². The van der Waals surface area contributed by atoms with Crippen LogP contribution in [0, 0.1) is 17.8 Å². The van der Waals surface area contributed by atoms with Gasteiger partial charge in [0.2, 0.25) is 0 Å². The lowest BCUT2D eigenvalue weighted by Crippen LogP contribution is -2.46. The lowest BCUT2D eigenvalue weighted by molar-refractivity contribution is -0.124.